The Morgan fingerprint density at radius 2 is 2.10 bits per heavy atom. The predicted octanol–water partition coefficient (Wildman–Crippen LogP) is 4.43. The summed E-state index contributed by atoms with van der Waals surface area (Å²) in [5.74, 6) is -0.828. The van der Waals surface area contributed by atoms with Crippen molar-refractivity contribution in [2.45, 2.75) is 19.5 Å². The van der Waals surface area contributed by atoms with Gasteiger partial charge in [0.1, 0.15) is 11.6 Å². The van der Waals surface area contributed by atoms with Crippen molar-refractivity contribution in [3.8, 4) is 0 Å². The predicted molar refractivity (Wildman–Crippen MR) is 81.2 cm³/mol. The average Bonchev–Trinajstić information content (AvgIpc) is 2.95. The number of benzene rings is 1. The molecular weight excluding hydrogens is 290 g/mol. The zero-order valence-electron chi connectivity index (χ0n) is 11.4. The molecule has 0 amide bonds. The van der Waals surface area contributed by atoms with Crippen LogP contribution in [-0.4, -0.2) is 4.98 Å². The van der Waals surface area contributed by atoms with Crippen molar-refractivity contribution in [1.82, 2.24) is 10.3 Å². The first-order valence-electron chi connectivity index (χ1n) is 6.64. The molecule has 0 spiro atoms. The number of pyridine rings is 1. The molecule has 0 aliphatic carbocycles. The maximum Gasteiger partial charge on any atom is 0.127 e. The number of rotatable bonds is 4. The van der Waals surface area contributed by atoms with E-state index in [1.54, 1.807) is 11.3 Å². The molecule has 0 bridgehead atoms. The second kappa shape index (κ2) is 5.87. The van der Waals surface area contributed by atoms with E-state index in [1.165, 1.54) is 6.07 Å². The first kappa shape index (κ1) is 14.1. The number of halogens is 2. The Balaban J connectivity index is 1.73. The Bertz CT molecular complexity index is 770. The van der Waals surface area contributed by atoms with Gasteiger partial charge in [-0.1, -0.05) is 0 Å². The van der Waals surface area contributed by atoms with Crippen LogP contribution in [0.5, 0.6) is 0 Å². The number of nitrogens with zero attached hydrogens (tertiary/aromatic N) is 1. The first-order chi connectivity index (χ1) is 10.1. The Labute approximate surface area is 125 Å². The van der Waals surface area contributed by atoms with E-state index in [1.807, 2.05) is 24.6 Å². The zero-order chi connectivity index (χ0) is 14.8. The van der Waals surface area contributed by atoms with Crippen molar-refractivity contribution in [3.05, 3.63) is 64.7 Å². The SMILES string of the molecule is CC(NCc1cc(F)ccc1F)c1cnc2ccsc2c1. The van der Waals surface area contributed by atoms with Crippen LogP contribution < -0.4 is 5.32 Å². The van der Waals surface area contributed by atoms with Crippen molar-refractivity contribution in [2.24, 2.45) is 0 Å². The van der Waals surface area contributed by atoms with Gasteiger partial charge in [0.15, 0.2) is 0 Å². The van der Waals surface area contributed by atoms with Crippen LogP contribution in [0.25, 0.3) is 10.2 Å². The first-order valence-corrected chi connectivity index (χ1v) is 7.52. The lowest BCUT2D eigenvalue weighted by atomic mass is 10.1. The number of hydrogen-bond donors (Lipinski definition) is 1. The molecule has 1 unspecified atom stereocenters. The molecule has 108 valence electrons. The average molecular weight is 304 g/mol. The van der Waals surface area contributed by atoms with Gasteiger partial charge in [-0.2, -0.15) is 0 Å². The lowest BCUT2D eigenvalue weighted by Crippen LogP contribution is -2.19. The lowest BCUT2D eigenvalue weighted by Gasteiger charge is -2.14. The van der Waals surface area contributed by atoms with Gasteiger partial charge in [-0.3, -0.25) is 4.98 Å². The summed E-state index contributed by atoms with van der Waals surface area (Å²) >= 11 is 1.64. The van der Waals surface area contributed by atoms with Crippen LogP contribution >= 0.6 is 11.3 Å². The van der Waals surface area contributed by atoms with Crippen molar-refractivity contribution < 1.29 is 8.78 Å². The molecule has 2 heterocycles. The van der Waals surface area contributed by atoms with Gasteiger partial charge in [0.05, 0.1) is 10.2 Å². The molecule has 1 atom stereocenters. The number of fused-ring (bicyclic) bond motifs is 1. The summed E-state index contributed by atoms with van der Waals surface area (Å²) in [6, 6.07) is 7.55. The summed E-state index contributed by atoms with van der Waals surface area (Å²) in [4.78, 5) is 4.39. The minimum atomic E-state index is -0.428. The van der Waals surface area contributed by atoms with Crippen molar-refractivity contribution in [1.29, 1.82) is 0 Å². The van der Waals surface area contributed by atoms with Gasteiger partial charge in [-0.25, -0.2) is 8.78 Å². The molecule has 0 fully saturated rings. The van der Waals surface area contributed by atoms with Crippen LogP contribution in [0.15, 0.2) is 41.9 Å². The number of aromatic nitrogens is 1. The molecule has 0 saturated carbocycles. The molecule has 0 saturated heterocycles. The minimum absolute atomic E-state index is 0.00617. The van der Waals surface area contributed by atoms with Crippen molar-refractivity contribution in [3.63, 3.8) is 0 Å². The third-order valence-electron chi connectivity index (χ3n) is 3.43. The largest absolute Gasteiger partial charge is 0.306 e. The monoisotopic (exact) mass is 304 g/mol. The van der Waals surface area contributed by atoms with Crippen LogP contribution in [0, 0.1) is 11.6 Å². The van der Waals surface area contributed by atoms with Gasteiger partial charge in [0.2, 0.25) is 0 Å². The third kappa shape index (κ3) is 3.09. The summed E-state index contributed by atoms with van der Waals surface area (Å²) in [5.41, 5.74) is 2.33. The van der Waals surface area contributed by atoms with E-state index in [-0.39, 0.29) is 12.6 Å². The fourth-order valence-corrected chi connectivity index (χ4v) is 2.95. The zero-order valence-corrected chi connectivity index (χ0v) is 12.3. The Morgan fingerprint density at radius 3 is 2.95 bits per heavy atom. The van der Waals surface area contributed by atoms with Gasteiger partial charge in [-0.15, -0.1) is 11.3 Å². The van der Waals surface area contributed by atoms with Crippen LogP contribution in [-0.2, 0) is 6.54 Å². The molecule has 0 aliphatic heterocycles. The second-order valence-electron chi connectivity index (χ2n) is 4.91. The molecule has 1 aromatic carbocycles. The lowest BCUT2D eigenvalue weighted by molar-refractivity contribution is 0.535. The topological polar surface area (TPSA) is 24.9 Å². The molecule has 5 heteroatoms. The molecule has 2 aromatic heterocycles. The van der Waals surface area contributed by atoms with E-state index in [4.69, 9.17) is 0 Å². The highest BCUT2D eigenvalue weighted by molar-refractivity contribution is 7.17. The molecule has 1 N–H and O–H groups in total. The summed E-state index contributed by atoms with van der Waals surface area (Å²) in [7, 11) is 0. The smallest absolute Gasteiger partial charge is 0.127 e. The Kier molecular flexibility index (Phi) is 3.94. The minimum Gasteiger partial charge on any atom is -0.306 e. The molecular formula is C16H14F2N2S. The van der Waals surface area contributed by atoms with E-state index in [9.17, 15) is 8.78 Å². The molecule has 3 rings (SSSR count). The van der Waals surface area contributed by atoms with E-state index in [0.29, 0.717) is 5.56 Å². The number of nitrogens with one attached hydrogen (secondary N) is 1. The Hall–Kier alpha value is -1.85. The van der Waals surface area contributed by atoms with Gasteiger partial charge in [0, 0.05) is 24.3 Å². The van der Waals surface area contributed by atoms with Crippen molar-refractivity contribution >= 4 is 21.6 Å². The summed E-state index contributed by atoms with van der Waals surface area (Å²) in [6.07, 6.45) is 1.81. The van der Waals surface area contributed by atoms with Gasteiger partial charge in [-0.05, 0) is 48.2 Å². The number of hydrogen-bond acceptors (Lipinski definition) is 3. The third-order valence-corrected chi connectivity index (χ3v) is 4.28. The highest BCUT2D eigenvalue weighted by atomic mass is 32.1. The van der Waals surface area contributed by atoms with E-state index >= 15 is 0 Å². The molecule has 2 nitrogen and oxygen atoms in total. The van der Waals surface area contributed by atoms with E-state index in [0.717, 1.165) is 27.9 Å². The molecule has 0 radical (unpaired) electrons. The van der Waals surface area contributed by atoms with Gasteiger partial charge < -0.3 is 5.32 Å². The fourth-order valence-electron chi connectivity index (χ4n) is 2.16. The quantitative estimate of drug-likeness (QED) is 0.771. The van der Waals surface area contributed by atoms with Crippen LogP contribution in [0.3, 0.4) is 0 Å². The highest BCUT2D eigenvalue weighted by Crippen LogP contribution is 2.23. The normalized spacial score (nSPS) is 12.7. The standard InChI is InChI=1S/C16H14F2N2S/c1-10(11-7-16-15(20-8-11)4-5-21-16)19-9-12-6-13(17)2-3-14(12)18/h2-8,10,19H,9H2,1H3. The number of thiophene rings is 1. The summed E-state index contributed by atoms with van der Waals surface area (Å²) < 4.78 is 27.8. The van der Waals surface area contributed by atoms with Crippen LogP contribution in [0.1, 0.15) is 24.1 Å². The van der Waals surface area contributed by atoms with Crippen LogP contribution in [0.2, 0.25) is 0 Å². The van der Waals surface area contributed by atoms with Gasteiger partial charge >= 0.3 is 0 Å². The second-order valence-corrected chi connectivity index (χ2v) is 5.86. The highest BCUT2D eigenvalue weighted by Gasteiger charge is 2.09. The van der Waals surface area contributed by atoms with E-state index < -0.39 is 11.6 Å². The summed E-state index contributed by atoms with van der Waals surface area (Å²) in [5, 5.41) is 5.20. The Morgan fingerprint density at radius 1 is 1.24 bits per heavy atom. The van der Waals surface area contributed by atoms with Gasteiger partial charge in [0.25, 0.3) is 0 Å². The fraction of sp³-hybridized carbons (Fsp3) is 0.188. The molecule has 21 heavy (non-hydrogen) atoms. The molecule has 0 aliphatic rings. The van der Waals surface area contributed by atoms with Crippen molar-refractivity contribution in [2.75, 3.05) is 0 Å². The maximum absolute atomic E-state index is 13.6. The summed E-state index contributed by atoms with van der Waals surface area (Å²) in [6.45, 7) is 2.25. The maximum atomic E-state index is 13.6. The molecule has 3 aromatic rings. The van der Waals surface area contributed by atoms with E-state index in [2.05, 4.69) is 16.4 Å². The van der Waals surface area contributed by atoms with Crippen LogP contribution in [0.4, 0.5) is 8.78 Å².